The van der Waals surface area contributed by atoms with Crippen molar-refractivity contribution in [2.24, 2.45) is 5.92 Å². The third kappa shape index (κ3) is 2.76. The van der Waals surface area contributed by atoms with E-state index < -0.39 is 6.10 Å². The lowest BCUT2D eigenvalue weighted by atomic mass is 9.78. The molecule has 3 rings (SSSR count). The van der Waals surface area contributed by atoms with E-state index >= 15 is 0 Å². The van der Waals surface area contributed by atoms with Crippen LogP contribution in [0.25, 0.3) is 0 Å². The summed E-state index contributed by atoms with van der Waals surface area (Å²) in [4.78, 5) is 2.55. The summed E-state index contributed by atoms with van der Waals surface area (Å²) in [5, 5.41) is 10.2. The molecule has 0 spiro atoms. The van der Waals surface area contributed by atoms with Crippen LogP contribution in [0.4, 0.5) is 5.69 Å². The summed E-state index contributed by atoms with van der Waals surface area (Å²) in [6.07, 6.45) is 7.52. The summed E-state index contributed by atoms with van der Waals surface area (Å²) in [6.45, 7) is 2.94. The summed E-state index contributed by atoms with van der Waals surface area (Å²) < 4.78 is 5.49. The fourth-order valence-corrected chi connectivity index (χ4v) is 4.30. The van der Waals surface area contributed by atoms with Crippen molar-refractivity contribution in [3.8, 4) is 5.75 Å². The molecule has 0 aromatic heterocycles. The molecule has 1 aliphatic heterocycles. The molecule has 0 unspecified atom stereocenters. The van der Waals surface area contributed by atoms with Crippen LogP contribution in [0.3, 0.4) is 0 Å². The Balaban J connectivity index is 1.98. The number of anilines is 1. The number of fused-ring (bicyclic) bond motifs is 1. The summed E-state index contributed by atoms with van der Waals surface area (Å²) in [7, 11) is 1.69. The smallest absolute Gasteiger partial charge is 0.126 e. The van der Waals surface area contributed by atoms with E-state index in [1.165, 1.54) is 44.2 Å². The molecule has 116 valence electrons. The first-order chi connectivity index (χ1) is 10.2. The van der Waals surface area contributed by atoms with Crippen LogP contribution >= 0.6 is 0 Å². The third-order valence-corrected chi connectivity index (χ3v) is 5.23. The van der Waals surface area contributed by atoms with Gasteiger partial charge in [0, 0.05) is 23.8 Å². The predicted molar refractivity (Wildman–Crippen MR) is 86.0 cm³/mol. The number of nitrogens with zero attached hydrogens (tertiary/aromatic N) is 1. The first-order valence-electron chi connectivity index (χ1n) is 8.34. The van der Waals surface area contributed by atoms with Crippen LogP contribution in [-0.4, -0.2) is 24.8 Å². The molecule has 3 atom stereocenters. The molecule has 1 aromatic carbocycles. The van der Waals surface area contributed by atoms with Gasteiger partial charge in [0.25, 0.3) is 0 Å². The molecule has 0 radical (unpaired) electrons. The van der Waals surface area contributed by atoms with Crippen molar-refractivity contribution in [1.29, 1.82) is 0 Å². The van der Waals surface area contributed by atoms with E-state index in [-0.39, 0.29) is 0 Å². The second-order valence-corrected chi connectivity index (χ2v) is 6.52. The van der Waals surface area contributed by atoms with Crippen molar-refractivity contribution in [3.63, 3.8) is 0 Å². The minimum absolute atomic E-state index is 0.500. The Morgan fingerprint density at radius 1 is 1.19 bits per heavy atom. The molecule has 3 nitrogen and oxygen atoms in total. The van der Waals surface area contributed by atoms with Gasteiger partial charge in [-0.3, -0.25) is 0 Å². The summed E-state index contributed by atoms with van der Waals surface area (Å²) in [6, 6.07) is 6.80. The van der Waals surface area contributed by atoms with Crippen LogP contribution < -0.4 is 9.64 Å². The quantitative estimate of drug-likeness (QED) is 0.916. The van der Waals surface area contributed by atoms with Crippen LogP contribution in [-0.2, 0) is 0 Å². The van der Waals surface area contributed by atoms with Crippen molar-refractivity contribution in [3.05, 3.63) is 23.8 Å². The van der Waals surface area contributed by atoms with Crippen LogP contribution in [0, 0.1) is 5.92 Å². The minimum atomic E-state index is -0.500. The van der Waals surface area contributed by atoms with Crippen LogP contribution in [0.2, 0.25) is 0 Å². The van der Waals surface area contributed by atoms with Crippen LogP contribution in [0.1, 0.15) is 57.1 Å². The Morgan fingerprint density at radius 2 is 1.95 bits per heavy atom. The molecule has 1 saturated heterocycles. The molecule has 0 amide bonds. The van der Waals surface area contributed by atoms with E-state index in [4.69, 9.17) is 4.74 Å². The van der Waals surface area contributed by atoms with E-state index in [0.29, 0.717) is 6.04 Å². The van der Waals surface area contributed by atoms with Crippen molar-refractivity contribution in [1.82, 2.24) is 0 Å². The molecule has 1 aromatic rings. The SMILES string of the molecule is COc1cccc(N2CCC[C@H]3CCCC[C@H]32)c1[C@H](C)O. The molecule has 2 fully saturated rings. The van der Waals surface area contributed by atoms with Gasteiger partial charge in [-0.2, -0.15) is 0 Å². The van der Waals surface area contributed by atoms with Gasteiger partial charge < -0.3 is 14.7 Å². The van der Waals surface area contributed by atoms with E-state index in [0.717, 1.165) is 23.8 Å². The second-order valence-electron chi connectivity index (χ2n) is 6.52. The Hall–Kier alpha value is -1.22. The first-order valence-corrected chi connectivity index (χ1v) is 8.34. The third-order valence-electron chi connectivity index (χ3n) is 5.23. The number of hydrogen-bond acceptors (Lipinski definition) is 3. The number of methoxy groups -OCH3 is 1. The average molecular weight is 289 g/mol. The van der Waals surface area contributed by atoms with Gasteiger partial charge >= 0.3 is 0 Å². The number of piperidine rings is 1. The average Bonchev–Trinajstić information content (AvgIpc) is 2.53. The molecular weight excluding hydrogens is 262 g/mol. The van der Waals surface area contributed by atoms with Gasteiger partial charge in [-0.05, 0) is 50.7 Å². The lowest BCUT2D eigenvalue weighted by molar-refractivity contribution is 0.192. The number of aliphatic hydroxyl groups is 1. The molecule has 21 heavy (non-hydrogen) atoms. The maximum Gasteiger partial charge on any atom is 0.126 e. The second kappa shape index (κ2) is 6.27. The zero-order valence-corrected chi connectivity index (χ0v) is 13.2. The molecule has 0 bridgehead atoms. The van der Waals surface area contributed by atoms with Crippen molar-refractivity contribution in [2.45, 2.75) is 57.6 Å². The molecule has 1 N–H and O–H groups in total. The lowest BCUT2D eigenvalue weighted by Crippen LogP contribution is -2.47. The predicted octanol–water partition coefficient (Wildman–Crippen LogP) is 3.91. The van der Waals surface area contributed by atoms with E-state index in [1.54, 1.807) is 7.11 Å². The monoisotopic (exact) mass is 289 g/mol. The number of rotatable bonds is 3. The summed E-state index contributed by atoms with van der Waals surface area (Å²) in [5.41, 5.74) is 2.13. The Morgan fingerprint density at radius 3 is 2.71 bits per heavy atom. The van der Waals surface area contributed by atoms with E-state index in [9.17, 15) is 5.11 Å². The van der Waals surface area contributed by atoms with E-state index in [1.807, 2.05) is 19.1 Å². The summed E-state index contributed by atoms with van der Waals surface area (Å²) in [5.74, 6) is 1.64. The zero-order valence-electron chi connectivity index (χ0n) is 13.2. The van der Waals surface area contributed by atoms with Crippen molar-refractivity contribution < 1.29 is 9.84 Å². The maximum atomic E-state index is 10.2. The highest BCUT2D eigenvalue weighted by Crippen LogP contribution is 2.42. The van der Waals surface area contributed by atoms with Gasteiger partial charge in [0.05, 0.1) is 13.2 Å². The fourth-order valence-electron chi connectivity index (χ4n) is 4.30. The highest BCUT2D eigenvalue weighted by Gasteiger charge is 2.34. The standard InChI is InChI=1S/C18H27NO2/c1-13(20)18-16(10-5-11-17(18)21-2)19-12-6-8-14-7-3-4-9-15(14)19/h5,10-11,13-15,20H,3-4,6-9,12H2,1-2H3/t13-,14+,15+/m0/s1. The van der Waals surface area contributed by atoms with Gasteiger partial charge in [0.15, 0.2) is 0 Å². The van der Waals surface area contributed by atoms with E-state index in [2.05, 4.69) is 11.0 Å². The minimum Gasteiger partial charge on any atom is -0.496 e. The molecule has 1 saturated carbocycles. The summed E-state index contributed by atoms with van der Waals surface area (Å²) >= 11 is 0. The molecule has 2 aliphatic rings. The van der Waals surface area contributed by atoms with Gasteiger partial charge in [-0.25, -0.2) is 0 Å². The first kappa shape index (κ1) is 14.7. The number of benzene rings is 1. The van der Waals surface area contributed by atoms with Crippen molar-refractivity contribution >= 4 is 5.69 Å². The fraction of sp³-hybridized carbons (Fsp3) is 0.667. The number of ether oxygens (including phenoxy) is 1. The van der Waals surface area contributed by atoms with Gasteiger partial charge in [-0.1, -0.05) is 18.9 Å². The molecule has 1 aliphatic carbocycles. The lowest BCUT2D eigenvalue weighted by Gasteiger charge is -2.46. The van der Waals surface area contributed by atoms with Crippen LogP contribution in [0.5, 0.6) is 5.75 Å². The topological polar surface area (TPSA) is 32.7 Å². The molecule has 3 heteroatoms. The molecular formula is C18H27NO2. The van der Waals surface area contributed by atoms with Gasteiger partial charge in [0.2, 0.25) is 0 Å². The normalized spacial score (nSPS) is 27.1. The van der Waals surface area contributed by atoms with Gasteiger partial charge in [-0.15, -0.1) is 0 Å². The Bertz CT molecular complexity index is 484. The van der Waals surface area contributed by atoms with Crippen LogP contribution in [0.15, 0.2) is 18.2 Å². The van der Waals surface area contributed by atoms with Gasteiger partial charge in [0.1, 0.15) is 5.75 Å². The Labute approximate surface area is 127 Å². The molecule has 1 heterocycles. The largest absolute Gasteiger partial charge is 0.496 e. The number of hydrogen-bond donors (Lipinski definition) is 1. The zero-order chi connectivity index (χ0) is 14.8. The number of aliphatic hydroxyl groups excluding tert-OH is 1. The van der Waals surface area contributed by atoms with Crippen molar-refractivity contribution in [2.75, 3.05) is 18.6 Å². The highest BCUT2D eigenvalue weighted by atomic mass is 16.5. The highest BCUT2D eigenvalue weighted by molar-refractivity contribution is 5.61. The Kier molecular flexibility index (Phi) is 4.39. The maximum absolute atomic E-state index is 10.2.